The molecule has 1 aliphatic heterocycles. The standard InChI is InChI=1S/C17H22N2O3/c1-13(20)7-8-16(21)19-11-9-15(10-12-19)18-17(22)14-5-3-2-4-6-14/h2-6,15H,7-12H2,1H3,(H,18,22). The van der Waals surface area contributed by atoms with Gasteiger partial charge in [0.1, 0.15) is 5.78 Å². The van der Waals surface area contributed by atoms with Crippen LogP contribution in [-0.4, -0.2) is 41.6 Å². The van der Waals surface area contributed by atoms with Gasteiger partial charge in [-0.2, -0.15) is 0 Å². The number of nitrogens with one attached hydrogen (secondary N) is 1. The van der Waals surface area contributed by atoms with E-state index in [0.717, 1.165) is 12.8 Å². The van der Waals surface area contributed by atoms with Crippen LogP contribution in [0.2, 0.25) is 0 Å². The molecule has 2 amide bonds. The van der Waals surface area contributed by atoms with E-state index >= 15 is 0 Å². The van der Waals surface area contributed by atoms with E-state index in [2.05, 4.69) is 5.32 Å². The molecule has 5 nitrogen and oxygen atoms in total. The lowest BCUT2D eigenvalue weighted by molar-refractivity contribution is -0.133. The molecule has 0 atom stereocenters. The van der Waals surface area contributed by atoms with E-state index in [4.69, 9.17) is 0 Å². The lowest BCUT2D eigenvalue weighted by Gasteiger charge is -2.32. The molecule has 0 aromatic heterocycles. The smallest absolute Gasteiger partial charge is 0.251 e. The largest absolute Gasteiger partial charge is 0.349 e. The fourth-order valence-electron chi connectivity index (χ4n) is 2.57. The Kier molecular flexibility index (Phi) is 5.69. The van der Waals surface area contributed by atoms with Crippen LogP contribution in [0.5, 0.6) is 0 Å². The summed E-state index contributed by atoms with van der Waals surface area (Å²) in [5.41, 5.74) is 0.655. The van der Waals surface area contributed by atoms with Crippen molar-refractivity contribution in [1.82, 2.24) is 10.2 Å². The van der Waals surface area contributed by atoms with Gasteiger partial charge in [-0.3, -0.25) is 9.59 Å². The zero-order chi connectivity index (χ0) is 15.9. The maximum Gasteiger partial charge on any atom is 0.251 e. The maximum absolute atomic E-state index is 12.1. The maximum atomic E-state index is 12.1. The van der Waals surface area contributed by atoms with E-state index in [9.17, 15) is 14.4 Å². The molecule has 1 fully saturated rings. The first-order chi connectivity index (χ1) is 10.6. The highest BCUT2D eigenvalue weighted by Crippen LogP contribution is 2.13. The van der Waals surface area contributed by atoms with Crippen molar-refractivity contribution >= 4 is 17.6 Å². The van der Waals surface area contributed by atoms with E-state index in [0.29, 0.717) is 25.1 Å². The number of piperidine rings is 1. The normalized spacial score (nSPS) is 15.4. The van der Waals surface area contributed by atoms with Crippen molar-refractivity contribution in [3.8, 4) is 0 Å². The topological polar surface area (TPSA) is 66.5 Å². The molecule has 1 heterocycles. The van der Waals surface area contributed by atoms with Gasteiger partial charge in [-0.25, -0.2) is 0 Å². The summed E-state index contributed by atoms with van der Waals surface area (Å²) in [6.45, 7) is 2.77. The molecule has 1 saturated heterocycles. The Morgan fingerprint density at radius 3 is 2.32 bits per heavy atom. The van der Waals surface area contributed by atoms with Crippen molar-refractivity contribution in [3.63, 3.8) is 0 Å². The predicted molar refractivity (Wildman–Crippen MR) is 83.4 cm³/mol. The number of hydrogen-bond acceptors (Lipinski definition) is 3. The van der Waals surface area contributed by atoms with Crippen molar-refractivity contribution in [2.75, 3.05) is 13.1 Å². The SMILES string of the molecule is CC(=O)CCC(=O)N1CCC(NC(=O)c2ccccc2)CC1. The number of Topliss-reactive ketones (excluding diaryl/α,β-unsaturated/α-hetero) is 1. The van der Waals surface area contributed by atoms with Crippen LogP contribution < -0.4 is 5.32 Å². The molecule has 5 heteroatoms. The van der Waals surface area contributed by atoms with Crippen molar-refractivity contribution in [3.05, 3.63) is 35.9 Å². The summed E-state index contributed by atoms with van der Waals surface area (Å²) in [6, 6.07) is 9.23. The van der Waals surface area contributed by atoms with Crippen LogP contribution in [0.4, 0.5) is 0 Å². The fourth-order valence-corrected chi connectivity index (χ4v) is 2.57. The summed E-state index contributed by atoms with van der Waals surface area (Å²) in [7, 11) is 0. The molecule has 0 spiro atoms. The van der Waals surface area contributed by atoms with Gasteiger partial charge in [0.05, 0.1) is 0 Å². The van der Waals surface area contributed by atoms with Gasteiger partial charge in [-0.1, -0.05) is 18.2 Å². The minimum absolute atomic E-state index is 0.0306. The van der Waals surface area contributed by atoms with Crippen LogP contribution in [0.25, 0.3) is 0 Å². The van der Waals surface area contributed by atoms with Crippen molar-refractivity contribution < 1.29 is 14.4 Å². The first-order valence-electron chi connectivity index (χ1n) is 7.69. The molecule has 0 unspecified atom stereocenters. The lowest BCUT2D eigenvalue weighted by atomic mass is 10.0. The van der Waals surface area contributed by atoms with Gasteiger partial charge < -0.3 is 15.0 Å². The van der Waals surface area contributed by atoms with Gasteiger partial charge in [-0.05, 0) is 31.9 Å². The number of nitrogens with zero attached hydrogens (tertiary/aromatic N) is 1. The molecule has 0 radical (unpaired) electrons. The monoisotopic (exact) mass is 302 g/mol. The molecular weight excluding hydrogens is 280 g/mol. The third kappa shape index (κ3) is 4.69. The van der Waals surface area contributed by atoms with Crippen molar-refractivity contribution in [2.45, 2.75) is 38.6 Å². The lowest BCUT2D eigenvalue weighted by Crippen LogP contribution is -2.46. The summed E-state index contributed by atoms with van der Waals surface area (Å²) in [4.78, 5) is 36.7. The molecule has 1 aromatic carbocycles. The van der Waals surface area contributed by atoms with Crippen LogP contribution in [0.3, 0.4) is 0 Å². The van der Waals surface area contributed by atoms with Gasteiger partial charge in [0.2, 0.25) is 5.91 Å². The Labute approximate surface area is 130 Å². The molecule has 118 valence electrons. The number of amides is 2. The number of benzene rings is 1. The number of carbonyl (C=O) groups is 3. The van der Waals surface area contributed by atoms with Crippen LogP contribution in [0.15, 0.2) is 30.3 Å². The number of ketones is 1. The highest BCUT2D eigenvalue weighted by Gasteiger charge is 2.23. The van der Waals surface area contributed by atoms with Crippen molar-refractivity contribution in [1.29, 1.82) is 0 Å². The summed E-state index contributed by atoms with van der Waals surface area (Å²) in [6.07, 6.45) is 2.11. The molecule has 0 saturated carbocycles. The predicted octanol–water partition coefficient (Wildman–Crippen LogP) is 1.78. The Balaban J connectivity index is 1.76. The number of hydrogen-bond donors (Lipinski definition) is 1. The molecular formula is C17H22N2O3. The number of likely N-dealkylation sites (tertiary alicyclic amines) is 1. The summed E-state index contributed by atoms with van der Waals surface area (Å²) in [5, 5.41) is 3.01. The second-order valence-corrected chi connectivity index (χ2v) is 5.70. The summed E-state index contributed by atoms with van der Waals surface area (Å²) < 4.78 is 0. The fraction of sp³-hybridized carbons (Fsp3) is 0.471. The van der Waals surface area contributed by atoms with Crippen molar-refractivity contribution in [2.24, 2.45) is 0 Å². The van der Waals surface area contributed by atoms with Crippen LogP contribution in [0.1, 0.15) is 43.0 Å². The molecule has 0 bridgehead atoms. The van der Waals surface area contributed by atoms with Gasteiger partial charge in [0.15, 0.2) is 0 Å². The van der Waals surface area contributed by atoms with E-state index < -0.39 is 0 Å². The first kappa shape index (κ1) is 16.2. The third-order valence-electron chi connectivity index (χ3n) is 3.91. The number of rotatable bonds is 5. The second kappa shape index (κ2) is 7.73. The molecule has 1 aliphatic rings. The van der Waals surface area contributed by atoms with E-state index in [-0.39, 0.29) is 30.1 Å². The van der Waals surface area contributed by atoms with E-state index in [1.165, 1.54) is 6.92 Å². The van der Waals surface area contributed by atoms with Gasteiger partial charge in [-0.15, -0.1) is 0 Å². The van der Waals surface area contributed by atoms with Gasteiger partial charge in [0, 0.05) is 37.5 Å². The second-order valence-electron chi connectivity index (χ2n) is 5.70. The molecule has 1 aromatic rings. The summed E-state index contributed by atoms with van der Waals surface area (Å²) >= 11 is 0. The molecule has 22 heavy (non-hydrogen) atoms. The minimum Gasteiger partial charge on any atom is -0.349 e. The van der Waals surface area contributed by atoms with Crippen LogP contribution in [-0.2, 0) is 9.59 Å². The Hall–Kier alpha value is -2.17. The van der Waals surface area contributed by atoms with Crippen LogP contribution in [0, 0.1) is 0 Å². The average Bonchev–Trinajstić information content (AvgIpc) is 2.54. The highest BCUT2D eigenvalue weighted by atomic mass is 16.2. The molecule has 0 aliphatic carbocycles. The average molecular weight is 302 g/mol. The number of carbonyl (C=O) groups excluding carboxylic acids is 3. The summed E-state index contributed by atoms with van der Waals surface area (Å²) in [5.74, 6) is 0.00310. The van der Waals surface area contributed by atoms with E-state index in [1.54, 1.807) is 17.0 Å². The zero-order valence-electron chi connectivity index (χ0n) is 12.9. The Bertz CT molecular complexity index is 534. The quantitative estimate of drug-likeness (QED) is 0.901. The third-order valence-corrected chi connectivity index (χ3v) is 3.91. The first-order valence-corrected chi connectivity index (χ1v) is 7.69. The van der Waals surface area contributed by atoms with Gasteiger partial charge in [0.25, 0.3) is 5.91 Å². The van der Waals surface area contributed by atoms with Crippen LogP contribution >= 0.6 is 0 Å². The highest BCUT2D eigenvalue weighted by molar-refractivity contribution is 5.94. The Morgan fingerprint density at radius 1 is 1.09 bits per heavy atom. The molecule has 2 rings (SSSR count). The van der Waals surface area contributed by atoms with E-state index in [1.807, 2.05) is 18.2 Å². The minimum atomic E-state index is -0.0676. The Morgan fingerprint density at radius 2 is 1.73 bits per heavy atom. The zero-order valence-corrected chi connectivity index (χ0v) is 12.9. The molecule has 1 N–H and O–H groups in total. The van der Waals surface area contributed by atoms with Gasteiger partial charge >= 0.3 is 0 Å².